The molecule has 0 radical (unpaired) electrons. The summed E-state index contributed by atoms with van der Waals surface area (Å²) in [5, 5.41) is 12.2. The Morgan fingerprint density at radius 3 is 2.37 bits per heavy atom. The number of fused-ring (bicyclic) bond motifs is 1. The average molecular weight is 529 g/mol. The van der Waals surface area contributed by atoms with Crippen LogP contribution >= 0.6 is 11.6 Å². The molecule has 0 amide bonds. The topological polar surface area (TPSA) is 53.0 Å². The van der Waals surface area contributed by atoms with Gasteiger partial charge in [-0.15, -0.1) is 0 Å². The Kier molecular flexibility index (Phi) is 8.59. The molecule has 1 heterocycles. The minimum Gasteiger partial charge on any atom is -0.493 e. The normalized spacial score (nSPS) is 15.7. The van der Waals surface area contributed by atoms with Gasteiger partial charge in [0, 0.05) is 31.2 Å². The molecule has 4 aromatic carbocycles. The molecule has 6 heteroatoms. The van der Waals surface area contributed by atoms with E-state index in [1.807, 2.05) is 42.5 Å². The van der Waals surface area contributed by atoms with Crippen molar-refractivity contribution in [3.8, 4) is 5.75 Å². The maximum absolute atomic E-state index is 12.0. The summed E-state index contributed by atoms with van der Waals surface area (Å²) >= 11 is 6.18. The molecule has 196 valence electrons. The fourth-order valence-corrected chi connectivity index (χ4v) is 5.56. The summed E-state index contributed by atoms with van der Waals surface area (Å²) in [5.74, 6) is -0.523. The van der Waals surface area contributed by atoms with Gasteiger partial charge in [-0.05, 0) is 59.5 Å². The van der Waals surface area contributed by atoms with Crippen LogP contribution in [0.5, 0.6) is 5.75 Å². The van der Waals surface area contributed by atoms with Gasteiger partial charge in [-0.1, -0.05) is 84.4 Å². The van der Waals surface area contributed by atoms with E-state index in [-0.39, 0.29) is 11.6 Å². The Balaban J connectivity index is 1.19. The van der Waals surface area contributed by atoms with Crippen molar-refractivity contribution >= 4 is 28.3 Å². The van der Waals surface area contributed by atoms with Crippen LogP contribution in [-0.2, 0) is 0 Å². The fourth-order valence-electron chi connectivity index (χ4n) is 5.43. The molecule has 0 spiro atoms. The number of carbonyl (C=O) groups is 1. The smallest absolute Gasteiger partial charge is 0.340 e. The Hall–Kier alpha value is -3.38. The second-order valence-electron chi connectivity index (χ2n) is 9.76. The van der Waals surface area contributed by atoms with Crippen molar-refractivity contribution < 1.29 is 14.6 Å². The lowest BCUT2D eigenvalue weighted by Gasteiger charge is -2.31. The summed E-state index contributed by atoms with van der Waals surface area (Å²) in [4.78, 5) is 17.0. The van der Waals surface area contributed by atoms with E-state index in [4.69, 9.17) is 16.3 Å². The van der Waals surface area contributed by atoms with Gasteiger partial charge in [0.1, 0.15) is 11.3 Å². The Morgan fingerprint density at radius 1 is 0.842 bits per heavy atom. The van der Waals surface area contributed by atoms with Crippen LogP contribution in [-0.4, -0.2) is 60.2 Å². The largest absolute Gasteiger partial charge is 0.493 e. The first-order valence-corrected chi connectivity index (χ1v) is 13.6. The summed E-state index contributed by atoms with van der Waals surface area (Å²) in [7, 11) is 0. The molecule has 5 nitrogen and oxygen atoms in total. The fraction of sp³-hybridized carbons (Fsp3) is 0.281. The number of aromatic carboxylic acids is 1. The molecular formula is C32H33ClN2O3. The van der Waals surface area contributed by atoms with Crippen LogP contribution in [0.25, 0.3) is 10.8 Å². The number of hydrogen-bond donors (Lipinski definition) is 1. The number of rotatable bonds is 9. The molecule has 1 atom stereocenters. The molecule has 0 saturated carbocycles. The molecule has 1 fully saturated rings. The van der Waals surface area contributed by atoms with E-state index in [0.29, 0.717) is 17.7 Å². The second kappa shape index (κ2) is 12.4. The van der Waals surface area contributed by atoms with Crippen LogP contribution in [0.2, 0.25) is 5.02 Å². The van der Waals surface area contributed by atoms with Crippen molar-refractivity contribution in [3.63, 3.8) is 0 Å². The molecule has 4 aromatic rings. The number of nitrogens with zero attached hydrogens (tertiary/aromatic N) is 2. The van der Waals surface area contributed by atoms with E-state index >= 15 is 0 Å². The van der Waals surface area contributed by atoms with E-state index in [1.54, 1.807) is 6.07 Å². The van der Waals surface area contributed by atoms with Gasteiger partial charge in [0.05, 0.1) is 12.6 Å². The Labute approximate surface area is 229 Å². The van der Waals surface area contributed by atoms with Gasteiger partial charge in [-0.2, -0.15) is 0 Å². The lowest BCUT2D eigenvalue weighted by atomic mass is 9.97. The highest BCUT2D eigenvalue weighted by molar-refractivity contribution is 6.30. The number of halogens is 1. The first-order valence-electron chi connectivity index (χ1n) is 13.2. The van der Waals surface area contributed by atoms with Crippen molar-refractivity contribution in [2.45, 2.75) is 18.9 Å². The summed E-state index contributed by atoms with van der Waals surface area (Å²) in [5.41, 5.74) is 2.79. The second-order valence-corrected chi connectivity index (χ2v) is 10.2. The molecular weight excluding hydrogens is 496 g/mol. The molecule has 1 N–H and O–H groups in total. The SMILES string of the molecule is O=C(O)c1c(OCCCN2CCCN(C(c3ccccc3)c3ccc(Cl)cc3)CC2)ccc2ccccc12. The van der Waals surface area contributed by atoms with E-state index in [9.17, 15) is 9.90 Å². The van der Waals surface area contributed by atoms with Crippen molar-refractivity contribution in [2.75, 3.05) is 39.3 Å². The zero-order chi connectivity index (χ0) is 26.3. The Morgan fingerprint density at radius 2 is 1.58 bits per heavy atom. The maximum atomic E-state index is 12.0. The number of carboxylic acid groups (broad SMARTS) is 1. The first kappa shape index (κ1) is 26.2. The van der Waals surface area contributed by atoms with E-state index in [0.717, 1.165) is 56.0 Å². The quantitative estimate of drug-likeness (QED) is 0.243. The zero-order valence-corrected chi connectivity index (χ0v) is 22.2. The van der Waals surface area contributed by atoms with Gasteiger partial charge in [0.2, 0.25) is 0 Å². The van der Waals surface area contributed by atoms with Gasteiger partial charge in [0.15, 0.2) is 0 Å². The van der Waals surface area contributed by atoms with Gasteiger partial charge in [-0.25, -0.2) is 4.79 Å². The monoisotopic (exact) mass is 528 g/mol. The lowest BCUT2D eigenvalue weighted by molar-refractivity contribution is 0.0694. The van der Waals surface area contributed by atoms with Gasteiger partial charge < -0.3 is 14.7 Å². The van der Waals surface area contributed by atoms with Crippen LogP contribution in [0.1, 0.15) is 40.4 Å². The summed E-state index contributed by atoms with van der Waals surface area (Å²) in [6, 6.07) is 30.3. The highest BCUT2D eigenvalue weighted by atomic mass is 35.5. The number of ether oxygens (including phenoxy) is 1. The minimum atomic E-state index is -0.960. The third-order valence-electron chi connectivity index (χ3n) is 7.27. The van der Waals surface area contributed by atoms with Crippen LogP contribution in [0, 0.1) is 0 Å². The van der Waals surface area contributed by atoms with Crippen LogP contribution in [0.4, 0.5) is 0 Å². The predicted molar refractivity (Wildman–Crippen MR) is 153 cm³/mol. The highest BCUT2D eigenvalue weighted by Crippen LogP contribution is 2.31. The molecule has 1 aliphatic rings. The van der Waals surface area contributed by atoms with Crippen LogP contribution in [0.15, 0.2) is 91.0 Å². The highest BCUT2D eigenvalue weighted by Gasteiger charge is 2.25. The number of carboxylic acids is 1. The van der Waals surface area contributed by atoms with Crippen molar-refractivity contribution in [2.24, 2.45) is 0 Å². The average Bonchev–Trinajstić information content (AvgIpc) is 3.18. The minimum absolute atomic E-state index is 0.194. The summed E-state index contributed by atoms with van der Waals surface area (Å²) < 4.78 is 5.98. The molecule has 0 aliphatic carbocycles. The van der Waals surface area contributed by atoms with E-state index in [1.165, 1.54) is 11.1 Å². The predicted octanol–water partition coefficient (Wildman–Crippen LogP) is 6.76. The van der Waals surface area contributed by atoms with Gasteiger partial charge in [0.25, 0.3) is 0 Å². The molecule has 1 saturated heterocycles. The van der Waals surface area contributed by atoms with Crippen molar-refractivity contribution in [3.05, 3.63) is 113 Å². The van der Waals surface area contributed by atoms with Crippen molar-refractivity contribution in [1.82, 2.24) is 9.80 Å². The van der Waals surface area contributed by atoms with Gasteiger partial charge >= 0.3 is 5.97 Å². The van der Waals surface area contributed by atoms with E-state index < -0.39 is 5.97 Å². The molecule has 0 aromatic heterocycles. The molecule has 0 bridgehead atoms. The Bertz CT molecular complexity index is 1360. The molecule has 38 heavy (non-hydrogen) atoms. The standard InChI is InChI=1S/C32H33ClN2O3/c33-27-15-12-26(13-16-27)31(25-9-2-1-3-10-25)35-20-6-18-34(21-22-35)19-7-23-38-29-17-14-24-8-4-5-11-28(24)30(29)32(36)37/h1-5,8-17,31H,6-7,18-23H2,(H,36,37). The number of hydrogen-bond acceptors (Lipinski definition) is 4. The third kappa shape index (κ3) is 6.18. The summed E-state index contributed by atoms with van der Waals surface area (Å²) in [6.07, 6.45) is 1.93. The zero-order valence-electron chi connectivity index (χ0n) is 21.4. The van der Waals surface area contributed by atoms with Crippen LogP contribution < -0.4 is 4.74 Å². The van der Waals surface area contributed by atoms with Crippen molar-refractivity contribution in [1.29, 1.82) is 0 Å². The maximum Gasteiger partial charge on any atom is 0.340 e. The molecule has 1 unspecified atom stereocenters. The van der Waals surface area contributed by atoms with E-state index in [2.05, 4.69) is 52.3 Å². The first-order chi connectivity index (χ1) is 18.6. The third-order valence-corrected chi connectivity index (χ3v) is 7.52. The number of benzene rings is 4. The lowest BCUT2D eigenvalue weighted by Crippen LogP contribution is -2.34. The molecule has 5 rings (SSSR count). The summed E-state index contributed by atoms with van der Waals surface area (Å²) in [6.45, 7) is 5.41. The van der Waals surface area contributed by atoms with Crippen LogP contribution in [0.3, 0.4) is 0 Å². The van der Waals surface area contributed by atoms with Gasteiger partial charge in [-0.3, -0.25) is 4.90 Å². The molecule has 1 aliphatic heterocycles.